The third-order valence-corrected chi connectivity index (χ3v) is 2.90. The van der Waals surface area contributed by atoms with E-state index in [4.69, 9.17) is 4.74 Å². The fraction of sp³-hybridized carbons (Fsp3) is 0.625. The number of ether oxygens (including phenoxy) is 1. The van der Waals surface area contributed by atoms with Crippen LogP contribution in [0.15, 0.2) is 24.3 Å². The van der Waals surface area contributed by atoms with Crippen molar-refractivity contribution >= 4 is 0 Å². The number of rotatable bonds is 8. The minimum absolute atomic E-state index is 0.326. The summed E-state index contributed by atoms with van der Waals surface area (Å²) >= 11 is 0. The molecule has 3 nitrogen and oxygen atoms in total. The van der Waals surface area contributed by atoms with Crippen molar-refractivity contribution in [2.24, 2.45) is 5.92 Å². The van der Waals surface area contributed by atoms with Gasteiger partial charge in [0.05, 0.1) is 0 Å². The molecule has 0 saturated heterocycles. The fourth-order valence-electron chi connectivity index (χ4n) is 1.75. The quantitative estimate of drug-likeness (QED) is 0.759. The van der Waals surface area contributed by atoms with Crippen LogP contribution in [0.1, 0.15) is 39.2 Å². The Morgan fingerprint density at radius 2 is 1.89 bits per heavy atom. The molecule has 1 aromatic rings. The van der Waals surface area contributed by atoms with Crippen LogP contribution in [0.25, 0.3) is 0 Å². The van der Waals surface area contributed by atoms with Crippen LogP contribution in [-0.2, 0) is 0 Å². The van der Waals surface area contributed by atoms with E-state index in [-0.39, 0.29) is 0 Å². The summed E-state index contributed by atoms with van der Waals surface area (Å²) in [6.07, 6.45) is -0.471. The standard InChI is InChI=1S/C16H27NO2/c1-12(2)9-17-10-15(18)11-19-16-7-5-6-14(8-16)13(3)4/h5-8,12-13,15,17-18H,9-11H2,1-4H3/t15-/m0/s1. The van der Waals surface area contributed by atoms with Gasteiger partial charge in [0.2, 0.25) is 0 Å². The molecule has 3 heteroatoms. The average molecular weight is 265 g/mol. The van der Waals surface area contributed by atoms with Crippen molar-refractivity contribution in [3.63, 3.8) is 0 Å². The molecule has 0 aliphatic heterocycles. The number of hydrogen-bond acceptors (Lipinski definition) is 3. The van der Waals surface area contributed by atoms with Gasteiger partial charge >= 0.3 is 0 Å². The van der Waals surface area contributed by atoms with Crippen LogP contribution in [-0.4, -0.2) is 30.9 Å². The van der Waals surface area contributed by atoms with Gasteiger partial charge in [-0.05, 0) is 36.1 Å². The van der Waals surface area contributed by atoms with Gasteiger partial charge in [-0.2, -0.15) is 0 Å². The minimum Gasteiger partial charge on any atom is -0.491 e. The Labute approximate surface area is 117 Å². The molecule has 0 aliphatic carbocycles. The Balaban J connectivity index is 2.33. The number of benzene rings is 1. The van der Waals surface area contributed by atoms with Crippen molar-refractivity contribution in [2.75, 3.05) is 19.7 Å². The van der Waals surface area contributed by atoms with Crippen LogP contribution >= 0.6 is 0 Å². The number of aliphatic hydroxyl groups excluding tert-OH is 1. The molecule has 108 valence electrons. The average Bonchev–Trinajstić information content (AvgIpc) is 2.36. The summed E-state index contributed by atoms with van der Waals surface area (Å²) in [5.74, 6) is 1.91. The Morgan fingerprint density at radius 1 is 1.16 bits per heavy atom. The van der Waals surface area contributed by atoms with Gasteiger partial charge in [0.15, 0.2) is 0 Å². The maximum atomic E-state index is 9.81. The van der Waals surface area contributed by atoms with Crippen molar-refractivity contribution in [1.82, 2.24) is 5.32 Å². The van der Waals surface area contributed by atoms with Crippen LogP contribution < -0.4 is 10.1 Å². The van der Waals surface area contributed by atoms with Crippen molar-refractivity contribution in [2.45, 2.75) is 39.7 Å². The molecule has 0 unspecified atom stereocenters. The zero-order chi connectivity index (χ0) is 14.3. The lowest BCUT2D eigenvalue weighted by Crippen LogP contribution is -2.33. The van der Waals surface area contributed by atoms with Crippen molar-refractivity contribution < 1.29 is 9.84 Å². The molecule has 0 aromatic heterocycles. The summed E-state index contributed by atoms with van der Waals surface area (Å²) in [6, 6.07) is 8.06. The Morgan fingerprint density at radius 3 is 2.53 bits per heavy atom. The molecule has 1 atom stereocenters. The minimum atomic E-state index is -0.471. The number of nitrogens with one attached hydrogen (secondary N) is 1. The van der Waals surface area contributed by atoms with Gasteiger partial charge in [0, 0.05) is 6.54 Å². The molecule has 19 heavy (non-hydrogen) atoms. The predicted octanol–water partition coefficient (Wildman–Crippen LogP) is 2.80. The number of aliphatic hydroxyl groups is 1. The topological polar surface area (TPSA) is 41.5 Å². The fourth-order valence-corrected chi connectivity index (χ4v) is 1.75. The molecule has 0 amide bonds. The third kappa shape index (κ3) is 6.60. The Kier molecular flexibility index (Phi) is 6.89. The van der Waals surface area contributed by atoms with Crippen molar-refractivity contribution in [1.29, 1.82) is 0 Å². The summed E-state index contributed by atoms with van der Waals surface area (Å²) in [7, 11) is 0. The van der Waals surface area contributed by atoms with E-state index in [2.05, 4.69) is 39.1 Å². The molecule has 0 saturated carbocycles. The van der Waals surface area contributed by atoms with E-state index >= 15 is 0 Å². The first-order valence-corrected chi connectivity index (χ1v) is 7.10. The Hall–Kier alpha value is -1.06. The molecule has 1 aromatic carbocycles. The van der Waals surface area contributed by atoms with Crippen LogP contribution in [0.3, 0.4) is 0 Å². The summed E-state index contributed by atoms with van der Waals surface area (Å²) < 4.78 is 5.63. The SMILES string of the molecule is CC(C)CNC[C@H](O)COc1cccc(C(C)C)c1. The van der Waals surface area contributed by atoms with E-state index < -0.39 is 6.10 Å². The summed E-state index contributed by atoms with van der Waals surface area (Å²) in [4.78, 5) is 0. The van der Waals surface area contributed by atoms with Crippen LogP contribution in [0.2, 0.25) is 0 Å². The Bertz CT molecular complexity index is 364. The normalized spacial score (nSPS) is 13.0. The second kappa shape index (κ2) is 8.18. The van der Waals surface area contributed by atoms with E-state index in [1.54, 1.807) is 0 Å². The van der Waals surface area contributed by atoms with Gasteiger partial charge < -0.3 is 15.2 Å². The van der Waals surface area contributed by atoms with Crippen LogP contribution in [0, 0.1) is 5.92 Å². The smallest absolute Gasteiger partial charge is 0.119 e. The highest BCUT2D eigenvalue weighted by Gasteiger charge is 2.06. The maximum absolute atomic E-state index is 9.81. The van der Waals surface area contributed by atoms with Gasteiger partial charge in [-0.25, -0.2) is 0 Å². The first kappa shape index (κ1) is 16.0. The molecule has 0 spiro atoms. The molecule has 0 radical (unpaired) electrons. The molecule has 0 fully saturated rings. The second-order valence-corrected chi connectivity index (χ2v) is 5.74. The largest absolute Gasteiger partial charge is 0.491 e. The van der Waals surface area contributed by atoms with Gasteiger partial charge in [-0.15, -0.1) is 0 Å². The van der Waals surface area contributed by atoms with Crippen molar-refractivity contribution in [3.05, 3.63) is 29.8 Å². The zero-order valence-corrected chi connectivity index (χ0v) is 12.5. The maximum Gasteiger partial charge on any atom is 0.119 e. The van der Waals surface area contributed by atoms with E-state index in [9.17, 15) is 5.11 Å². The molecular formula is C16H27NO2. The highest BCUT2D eigenvalue weighted by atomic mass is 16.5. The van der Waals surface area contributed by atoms with Crippen LogP contribution in [0.4, 0.5) is 0 Å². The van der Waals surface area contributed by atoms with Gasteiger partial charge in [0.1, 0.15) is 18.5 Å². The summed E-state index contributed by atoms with van der Waals surface area (Å²) in [6.45, 7) is 10.4. The summed E-state index contributed by atoms with van der Waals surface area (Å²) in [5, 5.41) is 13.0. The highest BCUT2D eigenvalue weighted by molar-refractivity contribution is 5.30. The van der Waals surface area contributed by atoms with E-state index in [0.717, 1.165) is 12.3 Å². The third-order valence-electron chi connectivity index (χ3n) is 2.90. The van der Waals surface area contributed by atoms with E-state index in [1.807, 2.05) is 18.2 Å². The van der Waals surface area contributed by atoms with Crippen molar-refractivity contribution in [3.8, 4) is 5.75 Å². The lowest BCUT2D eigenvalue weighted by Gasteiger charge is -2.15. The first-order chi connectivity index (χ1) is 8.99. The molecule has 2 N–H and O–H groups in total. The monoisotopic (exact) mass is 265 g/mol. The summed E-state index contributed by atoms with van der Waals surface area (Å²) in [5.41, 5.74) is 1.25. The molecule has 1 rings (SSSR count). The van der Waals surface area contributed by atoms with Gasteiger partial charge in [0.25, 0.3) is 0 Å². The first-order valence-electron chi connectivity index (χ1n) is 7.10. The zero-order valence-electron chi connectivity index (χ0n) is 12.5. The lowest BCUT2D eigenvalue weighted by atomic mass is 10.0. The van der Waals surface area contributed by atoms with Crippen LogP contribution in [0.5, 0.6) is 5.75 Å². The molecule has 0 bridgehead atoms. The second-order valence-electron chi connectivity index (χ2n) is 5.74. The molecule has 0 heterocycles. The lowest BCUT2D eigenvalue weighted by molar-refractivity contribution is 0.106. The van der Waals surface area contributed by atoms with Gasteiger partial charge in [-0.3, -0.25) is 0 Å². The number of hydrogen-bond donors (Lipinski definition) is 2. The van der Waals surface area contributed by atoms with Gasteiger partial charge in [-0.1, -0.05) is 39.8 Å². The molecular weight excluding hydrogens is 238 g/mol. The molecule has 0 aliphatic rings. The highest BCUT2D eigenvalue weighted by Crippen LogP contribution is 2.20. The predicted molar refractivity (Wildman–Crippen MR) is 79.7 cm³/mol. The van der Waals surface area contributed by atoms with E-state index in [1.165, 1.54) is 5.56 Å². The van der Waals surface area contributed by atoms with E-state index in [0.29, 0.717) is 25.0 Å².